The molecule has 4 bridgehead atoms. The Kier molecular flexibility index (Phi) is 7.04. The summed E-state index contributed by atoms with van der Waals surface area (Å²) >= 11 is 0. The van der Waals surface area contributed by atoms with Gasteiger partial charge in [-0.25, -0.2) is 0 Å². The Morgan fingerprint density at radius 2 is 1.00 bits per heavy atom. The number of hydrogen-bond donors (Lipinski definition) is 0. The molecule has 2 nitrogen and oxygen atoms in total. The molecule has 2 spiro atoms. The second-order valence-corrected chi connectivity index (χ2v) is 20.3. The molecule has 0 radical (unpaired) electrons. The molecule has 7 aliphatic rings. The first kappa shape index (κ1) is 35.1. The van der Waals surface area contributed by atoms with Gasteiger partial charge in [-0.3, -0.25) is 0 Å². The largest absolute Gasteiger partial charge is 0.456 e. The van der Waals surface area contributed by atoms with Gasteiger partial charge in [-0.05, 0) is 172 Å². The zero-order valence-electron chi connectivity index (χ0n) is 35.6. The number of para-hydroxylation sites is 1. The maximum absolute atomic E-state index is 6.59. The Balaban J connectivity index is 0.927. The molecule has 63 heavy (non-hydrogen) atoms. The summed E-state index contributed by atoms with van der Waals surface area (Å²) in [4.78, 5) is 2.52. The molecule has 9 aromatic rings. The molecule has 1 aromatic heterocycles. The van der Waals surface area contributed by atoms with Crippen molar-refractivity contribution in [2.45, 2.75) is 68.6 Å². The smallest absolute Gasteiger partial charge is 0.137 e. The minimum Gasteiger partial charge on any atom is -0.456 e. The molecule has 0 aliphatic heterocycles. The summed E-state index contributed by atoms with van der Waals surface area (Å²) in [6, 6.07) is 62.9. The molecule has 7 aliphatic carbocycles. The van der Waals surface area contributed by atoms with Gasteiger partial charge < -0.3 is 9.32 Å². The van der Waals surface area contributed by atoms with E-state index in [9.17, 15) is 0 Å². The van der Waals surface area contributed by atoms with E-state index in [4.69, 9.17) is 4.42 Å². The number of hydrogen-bond acceptors (Lipinski definition) is 2. The number of furan rings is 1. The first-order valence-electron chi connectivity index (χ1n) is 23.9. The topological polar surface area (TPSA) is 16.4 Å². The van der Waals surface area contributed by atoms with Crippen molar-refractivity contribution in [1.29, 1.82) is 0 Å². The minimum absolute atomic E-state index is 0.0735. The number of benzene rings is 8. The maximum atomic E-state index is 6.59. The van der Waals surface area contributed by atoms with E-state index < -0.39 is 0 Å². The average Bonchev–Trinajstić information content (AvgIpc) is 4.10. The van der Waals surface area contributed by atoms with Crippen LogP contribution in [0.5, 0.6) is 0 Å². The fourth-order valence-electron chi connectivity index (χ4n) is 15.4. The van der Waals surface area contributed by atoms with E-state index in [2.05, 4.69) is 169 Å². The van der Waals surface area contributed by atoms with E-state index in [1.165, 1.54) is 124 Å². The molecule has 2 heteroatoms. The van der Waals surface area contributed by atoms with Crippen LogP contribution >= 0.6 is 0 Å². The number of fused-ring (bicyclic) bond motifs is 12. The van der Waals surface area contributed by atoms with Crippen molar-refractivity contribution >= 4 is 49.8 Å². The fraction of sp³-hybridized carbons (Fsp3) is 0.246. The summed E-state index contributed by atoms with van der Waals surface area (Å²) in [5, 5.41) is 4.86. The van der Waals surface area contributed by atoms with Crippen LogP contribution in [0, 0.1) is 23.7 Å². The molecule has 5 fully saturated rings. The highest BCUT2D eigenvalue weighted by atomic mass is 16.3. The van der Waals surface area contributed by atoms with Gasteiger partial charge in [-0.2, -0.15) is 0 Å². The molecular weight excluding hydrogens is 763 g/mol. The molecule has 0 saturated heterocycles. The van der Waals surface area contributed by atoms with Gasteiger partial charge >= 0.3 is 0 Å². The van der Waals surface area contributed by atoms with Crippen LogP contribution in [-0.4, -0.2) is 0 Å². The maximum Gasteiger partial charge on any atom is 0.137 e. The minimum atomic E-state index is 0.0735. The average molecular weight is 812 g/mol. The quantitative estimate of drug-likeness (QED) is 0.176. The third kappa shape index (κ3) is 4.59. The summed E-state index contributed by atoms with van der Waals surface area (Å²) in [6.07, 6.45) is 12.0. The van der Waals surface area contributed by atoms with Gasteiger partial charge in [0.1, 0.15) is 11.2 Å². The molecular formula is C61H49NO. The van der Waals surface area contributed by atoms with Crippen LogP contribution in [0.1, 0.15) is 80.0 Å². The Bertz CT molecular complexity index is 3370. The standard InChI is InChI=1S/C61H49NO/c1-2-14-50-45(11-1)44(39-19-22-49-47-13-4-7-17-54(47)61(56(49)34-39)40-30-37-29-38(32-40)33-41(61)31-37)25-26-57(50)62(43-21-24-52-51-15-5-8-18-58(51)63-59(52)36-43)42-20-23-48-46-12-3-6-16-53(46)60(55(48)35-42)27-9-10-28-60/h1-8,11-26,34-38,40-41H,9-10,27-33H2. The van der Waals surface area contributed by atoms with Crippen LogP contribution in [0.4, 0.5) is 17.1 Å². The van der Waals surface area contributed by atoms with Crippen LogP contribution in [0.25, 0.3) is 66.1 Å². The third-order valence-electron chi connectivity index (χ3n) is 17.6. The fourth-order valence-corrected chi connectivity index (χ4v) is 15.4. The summed E-state index contributed by atoms with van der Waals surface area (Å²) in [5.74, 6) is 3.33. The van der Waals surface area contributed by atoms with Crippen molar-refractivity contribution in [3.05, 3.63) is 186 Å². The zero-order chi connectivity index (χ0) is 41.0. The normalized spacial score (nSPS) is 24.1. The van der Waals surface area contributed by atoms with Gasteiger partial charge in [0, 0.05) is 44.4 Å². The first-order chi connectivity index (χ1) is 31.2. The Hall–Kier alpha value is -6.38. The van der Waals surface area contributed by atoms with Gasteiger partial charge in [0.25, 0.3) is 0 Å². The monoisotopic (exact) mass is 811 g/mol. The van der Waals surface area contributed by atoms with Crippen LogP contribution < -0.4 is 4.90 Å². The van der Waals surface area contributed by atoms with E-state index in [1.54, 1.807) is 11.1 Å². The Morgan fingerprint density at radius 1 is 0.413 bits per heavy atom. The van der Waals surface area contributed by atoms with Gasteiger partial charge in [-0.15, -0.1) is 0 Å². The lowest BCUT2D eigenvalue weighted by Crippen LogP contribution is -2.55. The molecule has 1 heterocycles. The van der Waals surface area contributed by atoms with Crippen LogP contribution in [0.2, 0.25) is 0 Å². The van der Waals surface area contributed by atoms with E-state index in [-0.39, 0.29) is 10.8 Å². The summed E-state index contributed by atoms with van der Waals surface area (Å²) in [7, 11) is 0. The van der Waals surface area contributed by atoms with E-state index >= 15 is 0 Å². The highest BCUT2D eigenvalue weighted by molar-refractivity contribution is 6.09. The third-order valence-corrected chi connectivity index (χ3v) is 17.6. The van der Waals surface area contributed by atoms with E-state index in [0.29, 0.717) is 0 Å². The summed E-state index contributed by atoms with van der Waals surface area (Å²) in [5.41, 5.74) is 20.2. The Morgan fingerprint density at radius 3 is 1.81 bits per heavy atom. The second-order valence-electron chi connectivity index (χ2n) is 20.3. The number of rotatable bonds is 4. The van der Waals surface area contributed by atoms with Crippen molar-refractivity contribution in [2.24, 2.45) is 23.7 Å². The van der Waals surface area contributed by atoms with E-state index in [1.807, 2.05) is 0 Å². The SMILES string of the molecule is c1ccc2c(c1)-c1ccc(N(c3ccc4c(c3)oc3ccccc34)c3ccc(-c4ccc5c(c4)C4(c6ccccc6-5)C5CC6CC(C5)CC4C6)c4ccccc34)cc1C21CCCC1. The molecule has 304 valence electrons. The first-order valence-corrected chi connectivity index (χ1v) is 23.9. The summed E-state index contributed by atoms with van der Waals surface area (Å²) in [6.45, 7) is 0. The Labute approximate surface area is 369 Å². The van der Waals surface area contributed by atoms with Crippen molar-refractivity contribution in [1.82, 2.24) is 0 Å². The lowest BCUT2D eigenvalue weighted by molar-refractivity contribution is -0.0399. The van der Waals surface area contributed by atoms with Crippen molar-refractivity contribution < 1.29 is 4.42 Å². The summed E-state index contributed by atoms with van der Waals surface area (Å²) < 4.78 is 6.59. The van der Waals surface area contributed by atoms with Crippen molar-refractivity contribution in [2.75, 3.05) is 4.90 Å². The van der Waals surface area contributed by atoms with Crippen LogP contribution in [0.3, 0.4) is 0 Å². The molecule has 5 saturated carbocycles. The number of anilines is 3. The number of nitrogens with zero attached hydrogens (tertiary/aromatic N) is 1. The predicted molar refractivity (Wildman–Crippen MR) is 259 cm³/mol. The van der Waals surface area contributed by atoms with Gasteiger partial charge in [0.15, 0.2) is 0 Å². The van der Waals surface area contributed by atoms with Gasteiger partial charge in [0.2, 0.25) is 0 Å². The predicted octanol–water partition coefficient (Wildman–Crippen LogP) is 16.4. The van der Waals surface area contributed by atoms with E-state index in [0.717, 1.165) is 51.3 Å². The van der Waals surface area contributed by atoms with Crippen molar-refractivity contribution in [3.8, 4) is 33.4 Å². The molecule has 0 amide bonds. The second kappa shape index (κ2) is 12.6. The van der Waals surface area contributed by atoms with Crippen LogP contribution in [0.15, 0.2) is 168 Å². The molecule has 0 N–H and O–H groups in total. The van der Waals surface area contributed by atoms with Gasteiger partial charge in [-0.1, -0.05) is 128 Å². The molecule has 0 atom stereocenters. The highest BCUT2D eigenvalue weighted by Gasteiger charge is 2.61. The molecule has 0 unspecified atom stereocenters. The molecule has 16 rings (SSSR count). The zero-order valence-corrected chi connectivity index (χ0v) is 35.6. The molecule has 8 aromatic carbocycles. The lowest BCUT2D eigenvalue weighted by Gasteiger charge is -2.61. The van der Waals surface area contributed by atoms with Crippen LogP contribution in [-0.2, 0) is 10.8 Å². The van der Waals surface area contributed by atoms with Gasteiger partial charge in [0.05, 0.1) is 5.69 Å². The van der Waals surface area contributed by atoms with Crippen molar-refractivity contribution in [3.63, 3.8) is 0 Å². The highest BCUT2D eigenvalue weighted by Crippen LogP contribution is 2.69. The lowest BCUT2D eigenvalue weighted by atomic mass is 9.43.